The van der Waals surface area contributed by atoms with E-state index in [0.717, 1.165) is 18.5 Å². The number of carbonyl (C=O) groups is 1. The quantitative estimate of drug-likeness (QED) is 0.811. The third kappa shape index (κ3) is 4.40. The van der Waals surface area contributed by atoms with E-state index in [-0.39, 0.29) is 12.3 Å². The summed E-state index contributed by atoms with van der Waals surface area (Å²) in [4.78, 5) is 15.9. The Bertz CT molecular complexity index is 459. The molecule has 1 saturated heterocycles. The van der Waals surface area contributed by atoms with Crippen LogP contribution in [0.25, 0.3) is 0 Å². The fourth-order valence-corrected chi connectivity index (χ4v) is 2.69. The van der Waals surface area contributed by atoms with Crippen molar-refractivity contribution in [3.8, 4) is 0 Å². The first kappa shape index (κ1) is 16.7. The van der Waals surface area contributed by atoms with Crippen LogP contribution in [0.1, 0.15) is 33.6 Å². The van der Waals surface area contributed by atoms with E-state index in [0.29, 0.717) is 19.1 Å². The Kier molecular flexibility index (Phi) is 5.01. The highest BCUT2D eigenvalue weighted by molar-refractivity contribution is 5.68. The van der Waals surface area contributed by atoms with Crippen LogP contribution < -0.4 is 11.1 Å². The van der Waals surface area contributed by atoms with Crippen LogP contribution >= 0.6 is 0 Å². The molecule has 0 saturated carbocycles. The summed E-state index contributed by atoms with van der Waals surface area (Å²) in [7, 11) is 2.00. The minimum absolute atomic E-state index is 0.0306. The number of rotatable bonds is 2. The maximum absolute atomic E-state index is 12.1. The van der Waals surface area contributed by atoms with Crippen LogP contribution in [-0.4, -0.2) is 53.8 Å². The summed E-state index contributed by atoms with van der Waals surface area (Å²) in [6.45, 7) is 7.09. The number of allylic oxidation sites excluding steroid dienone is 2. The Hall–Kier alpha value is -1.69. The first-order chi connectivity index (χ1) is 10.3. The van der Waals surface area contributed by atoms with E-state index in [2.05, 4.69) is 10.2 Å². The first-order valence-corrected chi connectivity index (χ1v) is 7.86. The van der Waals surface area contributed by atoms with Crippen LogP contribution in [0.5, 0.6) is 0 Å². The third-order valence-electron chi connectivity index (χ3n) is 3.87. The number of nitrogens with one attached hydrogen (secondary N) is 1. The molecule has 0 bridgehead atoms. The number of likely N-dealkylation sites (N-methyl/N-ethyl adjacent to an activating group) is 1. The first-order valence-electron chi connectivity index (χ1n) is 7.86. The fourth-order valence-electron chi connectivity index (χ4n) is 2.69. The van der Waals surface area contributed by atoms with Gasteiger partial charge in [-0.05, 0) is 45.8 Å². The van der Waals surface area contributed by atoms with Gasteiger partial charge in [0.1, 0.15) is 11.8 Å². The average Bonchev–Trinajstić information content (AvgIpc) is 2.42. The van der Waals surface area contributed by atoms with Gasteiger partial charge >= 0.3 is 6.09 Å². The second-order valence-electron chi connectivity index (χ2n) is 6.98. The van der Waals surface area contributed by atoms with Gasteiger partial charge in [0.2, 0.25) is 0 Å². The predicted octanol–water partition coefficient (Wildman–Crippen LogP) is 1.60. The standard InChI is InChI=1S/C16H28N4O2/c1-16(2,3)22-15(21)20-10-7-12(8-11-20)18-14-13(17)6-5-9-19(14)4/h5-6,9,12,14,18H,7-8,10-11,17H2,1-4H3. The molecule has 1 fully saturated rings. The van der Waals surface area contributed by atoms with E-state index in [1.54, 1.807) is 4.90 Å². The van der Waals surface area contributed by atoms with Crippen LogP contribution in [0.4, 0.5) is 4.79 Å². The lowest BCUT2D eigenvalue weighted by Gasteiger charge is -2.38. The van der Waals surface area contributed by atoms with Gasteiger partial charge in [-0.25, -0.2) is 4.79 Å². The normalized spacial score (nSPS) is 23.5. The fraction of sp³-hybridized carbons (Fsp3) is 0.688. The van der Waals surface area contributed by atoms with Gasteiger partial charge in [0, 0.05) is 38.1 Å². The van der Waals surface area contributed by atoms with Gasteiger partial charge in [0.15, 0.2) is 0 Å². The SMILES string of the molecule is CN1C=CC=C(N)C1NC1CCN(C(=O)OC(C)(C)C)CC1. The van der Waals surface area contributed by atoms with Crippen molar-refractivity contribution in [1.29, 1.82) is 0 Å². The minimum Gasteiger partial charge on any atom is -0.444 e. The van der Waals surface area contributed by atoms with Crippen LogP contribution in [0, 0.1) is 0 Å². The van der Waals surface area contributed by atoms with Crippen molar-refractivity contribution in [3.63, 3.8) is 0 Å². The molecule has 1 amide bonds. The Balaban J connectivity index is 1.81. The van der Waals surface area contributed by atoms with E-state index in [9.17, 15) is 4.79 Å². The number of carbonyl (C=O) groups excluding carboxylic acids is 1. The van der Waals surface area contributed by atoms with Gasteiger partial charge in [0.25, 0.3) is 0 Å². The molecule has 22 heavy (non-hydrogen) atoms. The molecule has 2 heterocycles. The van der Waals surface area contributed by atoms with Crippen LogP contribution in [0.2, 0.25) is 0 Å². The summed E-state index contributed by atoms with van der Waals surface area (Å²) in [6.07, 6.45) is 7.49. The number of likely N-dealkylation sites (tertiary alicyclic amines) is 1. The maximum atomic E-state index is 12.1. The number of ether oxygens (including phenoxy) is 1. The zero-order valence-corrected chi connectivity index (χ0v) is 14.0. The Labute approximate surface area is 133 Å². The molecule has 124 valence electrons. The van der Waals surface area contributed by atoms with Gasteiger partial charge in [-0.2, -0.15) is 0 Å². The molecule has 6 nitrogen and oxygen atoms in total. The van der Waals surface area contributed by atoms with E-state index in [1.165, 1.54) is 0 Å². The van der Waals surface area contributed by atoms with Gasteiger partial charge < -0.3 is 20.3 Å². The molecule has 0 aromatic rings. The van der Waals surface area contributed by atoms with Crippen molar-refractivity contribution in [2.45, 2.75) is 51.4 Å². The van der Waals surface area contributed by atoms with Crippen molar-refractivity contribution in [1.82, 2.24) is 15.1 Å². The molecular formula is C16H28N4O2. The second-order valence-corrected chi connectivity index (χ2v) is 6.98. The summed E-state index contributed by atoms with van der Waals surface area (Å²) in [5.41, 5.74) is 6.43. The number of hydrogen-bond donors (Lipinski definition) is 2. The number of nitrogens with two attached hydrogens (primary N) is 1. The molecule has 1 unspecified atom stereocenters. The van der Waals surface area contributed by atoms with E-state index >= 15 is 0 Å². The summed E-state index contributed by atoms with van der Waals surface area (Å²) < 4.78 is 5.42. The summed E-state index contributed by atoms with van der Waals surface area (Å²) in [5.74, 6) is 0. The van der Waals surface area contributed by atoms with Crippen molar-refractivity contribution in [2.75, 3.05) is 20.1 Å². The molecule has 2 rings (SSSR count). The molecule has 0 aliphatic carbocycles. The largest absolute Gasteiger partial charge is 0.444 e. The van der Waals surface area contributed by atoms with Gasteiger partial charge in [-0.3, -0.25) is 5.32 Å². The molecule has 0 spiro atoms. The molecule has 1 atom stereocenters. The maximum Gasteiger partial charge on any atom is 0.410 e. The van der Waals surface area contributed by atoms with Gasteiger partial charge in [-0.15, -0.1) is 0 Å². The van der Waals surface area contributed by atoms with Crippen LogP contribution in [0.15, 0.2) is 24.0 Å². The van der Waals surface area contributed by atoms with E-state index < -0.39 is 5.60 Å². The monoisotopic (exact) mass is 308 g/mol. The van der Waals surface area contributed by atoms with Crippen molar-refractivity contribution < 1.29 is 9.53 Å². The smallest absolute Gasteiger partial charge is 0.410 e. The van der Waals surface area contributed by atoms with E-state index in [4.69, 9.17) is 10.5 Å². The molecule has 2 aliphatic heterocycles. The van der Waals surface area contributed by atoms with Crippen molar-refractivity contribution >= 4 is 6.09 Å². The second kappa shape index (κ2) is 6.60. The highest BCUT2D eigenvalue weighted by atomic mass is 16.6. The Morgan fingerprint density at radius 2 is 2.00 bits per heavy atom. The summed E-state index contributed by atoms with van der Waals surface area (Å²) in [5, 5.41) is 3.57. The number of piperidine rings is 1. The zero-order chi connectivity index (χ0) is 16.3. The molecular weight excluding hydrogens is 280 g/mol. The third-order valence-corrected chi connectivity index (χ3v) is 3.87. The average molecular weight is 308 g/mol. The van der Waals surface area contributed by atoms with Crippen LogP contribution in [-0.2, 0) is 4.74 Å². The molecule has 0 aromatic carbocycles. The lowest BCUT2D eigenvalue weighted by Crippen LogP contribution is -2.54. The minimum atomic E-state index is -0.442. The predicted molar refractivity (Wildman–Crippen MR) is 86.9 cm³/mol. The molecule has 3 N–H and O–H groups in total. The van der Waals surface area contributed by atoms with E-state index in [1.807, 2.05) is 46.2 Å². The van der Waals surface area contributed by atoms with Crippen molar-refractivity contribution in [3.05, 3.63) is 24.0 Å². The summed E-state index contributed by atoms with van der Waals surface area (Å²) in [6, 6.07) is 0.351. The molecule has 6 heteroatoms. The topological polar surface area (TPSA) is 70.8 Å². The zero-order valence-electron chi connectivity index (χ0n) is 14.0. The summed E-state index contributed by atoms with van der Waals surface area (Å²) >= 11 is 0. The van der Waals surface area contributed by atoms with Crippen LogP contribution in [0.3, 0.4) is 0 Å². The molecule has 2 aliphatic rings. The molecule has 0 radical (unpaired) electrons. The number of amides is 1. The van der Waals surface area contributed by atoms with Gasteiger partial charge in [-0.1, -0.05) is 0 Å². The number of nitrogens with zero attached hydrogens (tertiary/aromatic N) is 2. The highest BCUT2D eigenvalue weighted by Crippen LogP contribution is 2.17. The van der Waals surface area contributed by atoms with Gasteiger partial charge in [0.05, 0.1) is 0 Å². The lowest BCUT2D eigenvalue weighted by molar-refractivity contribution is 0.0192. The van der Waals surface area contributed by atoms with Crippen molar-refractivity contribution in [2.24, 2.45) is 5.73 Å². The number of hydrogen-bond acceptors (Lipinski definition) is 5. The Morgan fingerprint density at radius 3 is 2.55 bits per heavy atom. The molecule has 0 aromatic heterocycles. The lowest BCUT2D eigenvalue weighted by atomic mass is 10.0. The highest BCUT2D eigenvalue weighted by Gasteiger charge is 2.29. The Morgan fingerprint density at radius 1 is 1.36 bits per heavy atom.